The van der Waals surface area contributed by atoms with Crippen LogP contribution in [-0.4, -0.2) is 43.3 Å². The highest BCUT2D eigenvalue weighted by Gasteiger charge is 2.28. The first-order valence-electron chi connectivity index (χ1n) is 11.6. The number of fused-ring (bicyclic) bond motifs is 7. The normalized spacial score (nSPS) is 18.2. The molecule has 2 aliphatic heterocycles. The summed E-state index contributed by atoms with van der Waals surface area (Å²) in [5.41, 5.74) is 8.39. The van der Waals surface area contributed by atoms with Gasteiger partial charge in [-0.05, 0) is 46.5 Å². The van der Waals surface area contributed by atoms with E-state index in [1.165, 1.54) is 21.5 Å². The molecule has 0 radical (unpaired) electrons. The van der Waals surface area contributed by atoms with Gasteiger partial charge in [0.05, 0.1) is 6.04 Å². The molecule has 6 rings (SSSR count). The first-order valence-corrected chi connectivity index (χ1v) is 11.6. The Morgan fingerprint density at radius 1 is 0.656 bits per heavy atom. The summed E-state index contributed by atoms with van der Waals surface area (Å²) >= 11 is 0. The molecule has 1 saturated heterocycles. The van der Waals surface area contributed by atoms with Gasteiger partial charge >= 0.3 is 0 Å². The third-order valence-corrected chi connectivity index (χ3v) is 6.98. The predicted molar refractivity (Wildman–Crippen MR) is 130 cm³/mol. The number of benzene rings is 4. The number of piperidine rings is 1. The minimum Gasteiger partial charge on any atom is -0.491 e. The van der Waals surface area contributed by atoms with Gasteiger partial charge in [0.1, 0.15) is 24.7 Å². The van der Waals surface area contributed by atoms with Gasteiger partial charge in [0.25, 0.3) is 0 Å². The lowest BCUT2D eigenvalue weighted by Crippen LogP contribution is -2.49. The molecule has 0 atom stereocenters. The van der Waals surface area contributed by atoms with Gasteiger partial charge in [0.15, 0.2) is 0 Å². The highest BCUT2D eigenvalue weighted by molar-refractivity contribution is 6.09. The Kier molecular flexibility index (Phi) is 4.97. The number of hydrogen-bond acceptors (Lipinski definition) is 4. The van der Waals surface area contributed by atoms with Crippen molar-refractivity contribution in [2.24, 2.45) is 5.73 Å². The zero-order chi connectivity index (χ0) is 21.5. The maximum absolute atomic E-state index is 6.56. The Balaban J connectivity index is 1.54. The first-order chi connectivity index (χ1) is 15.8. The van der Waals surface area contributed by atoms with Crippen LogP contribution in [-0.2, 0) is 0 Å². The smallest absolute Gasteiger partial charge is 0.128 e. The van der Waals surface area contributed by atoms with Crippen molar-refractivity contribution in [2.45, 2.75) is 24.9 Å². The molecule has 2 heterocycles. The number of nitrogens with zero attached hydrogens (tertiary/aromatic N) is 1. The average Bonchev–Trinajstić information content (AvgIpc) is 2.92. The fraction of sp³-hybridized carbons (Fsp3) is 0.286. The average molecular weight is 425 g/mol. The summed E-state index contributed by atoms with van der Waals surface area (Å²) in [6, 6.07) is 26.1. The fourth-order valence-electron chi connectivity index (χ4n) is 5.17. The quantitative estimate of drug-likeness (QED) is 0.455. The van der Waals surface area contributed by atoms with E-state index in [1.807, 2.05) is 0 Å². The lowest BCUT2D eigenvalue weighted by Gasteiger charge is -2.36. The maximum atomic E-state index is 6.56. The Morgan fingerprint density at radius 2 is 1.16 bits per heavy atom. The van der Waals surface area contributed by atoms with Crippen LogP contribution in [0.15, 0.2) is 72.8 Å². The molecule has 4 nitrogen and oxygen atoms in total. The van der Waals surface area contributed by atoms with Crippen molar-refractivity contribution < 1.29 is 9.47 Å². The largest absolute Gasteiger partial charge is 0.491 e. The summed E-state index contributed by atoms with van der Waals surface area (Å²) in [7, 11) is 0. The van der Waals surface area contributed by atoms with Gasteiger partial charge in [0, 0.05) is 30.3 Å². The van der Waals surface area contributed by atoms with Gasteiger partial charge in [-0.3, -0.25) is 4.90 Å². The highest BCUT2D eigenvalue weighted by Crippen LogP contribution is 2.46. The minimum atomic E-state index is 0.194. The van der Waals surface area contributed by atoms with E-state index in [2.05, 4.69) is 77.7 Å². The molecule has 0 saturated carbocycles. The Bertz CT molecular complexity index is 1190. The molecule has 0 unspecified atom stereocenters. The third-order valence-electron chi connectivity index (χ3n) is 6.98. The molecule has 4 heteroatoms. The molecule has 4 aromatic carbocycles. The standard InChI is InChI=1S/C28H28N2O2/c29-21-13-15-30(16-14-21)22-17-31-25-11-9-19-5-1-3-7-23(19)27(25)28-24-8-4-2-6-20(24)10-12-26(28)32-18-22/h1-12,21-22H,13-18,29H2. The molecule has 32 heavy (non-hydrogen) atoms. The van der Waals surface area contributed by atoms with Crippen LogP contribution in [0.25, 0.3) is 32.7 Å². The second-order valence-electron chi connectivity index (χ2n) is 8.97. The van der Waals surface area contributed by atoms with Crippen molar-refractivity contribution in [3.63, 3.8) is 0 Å². The lowest BCUT2D eigenvalue weighted by molar-refractivity contribution is 0.0737. The molecular weight excluding hydrogens is 396 g/mol. The van der Waals surface area contributed by atoms with E-state index in [4.69, 9.17) is 15.2 Å². The molecule has 0 bridgehead atoms. The second-order valence-corrected chi connectivity index (χ2v) is 8.97. The molecule has 0 aromatic heterocycles. The summed E-state index contributed by atoms with van der Waals surface area (Å²) in [4.78, 5) is 2.48. The Labute approximate surface area is 188 Å². The van der Waals surface area contributed by atoms with Gasteiger partial charge in [0.2, 0.25) is 0 Å². The zero-order valence-electron chi connectivity index (χ0n) is 18.2. The summed E-state index contributed by atoms with van der Waals surface area (Å²) < 4.78 is 13.1. The van der Waals surface area contributed by atoms with Crippen molar-refractivity contribution in [3.05, 3.63) is 72.8 Å². The summed E-state index contributed by atoms with van der Waals surface area (Å²) in [5, 5.41) is 4.78. The van der Waals surface area contributed by atoms with Crippen LogP contribution >= 0.6 is 0 Å². The molecule has 1 fully saturated rings. The third kappa shape index (κ3) is 3.40. The topological polar surface area (TPSA) is 47.7 Å². The van der Waals surface area contributed by atoms with Crippen LogP contribution < -0.4 is 15.2 Å². The fourth-order valence-corrected chi connectivity index (χ4v) is 5.17. The van der Waals surface area contributed by atoms with Crippen LogP contribution in [0.2, 0.25) is 0 Å². The maximum Gasteiger partial charge on any atom is 0.128 e. The highest BCUT2D eigenvalue weighted by atomic mass is 16.5. The predicted octanol–water partition coefficient (Wildman–Crippen LogP) is 5.22. The molecule has 2 aliphatic rings. The summed E-state index contributed by atoms with van der Waals surface area (Å²) in [5.74, 6) is 1.84. The van der Waals surface area contributed by atoms with Gasteiger partial charge in [-0.25, -0.2) is 0 Å². The molecule has 0 spiro atoms. The van der Waals surface area contributed by atoms with E-state index in [9.17, 15) is 0 Å². The van der Waals surface area contributed by atoms with E-state index >= 15 is 0 Å². The number of rotatable bonds is 1. The van der Waals surface area contributed by atoms with Crippen molar-refractivity contribution in [1.82, 2.24) is 4.90 Å². The monoisotopic (exact) mass is 424 g/mol. The van der Waals surface area contributed by atoms with Crippen molar-refractivity contribution in [1.29, 1.82) is 0 Å². The molecule has 4 aromatic rings. The lowest BCUT2D eigenvalue weighted by atomic mass is 9.92. The van der Waals surface area contributed by atoms with E-state index in [-0.39, 0.29) is 6.04 Å². The van der Waals surface area contributed by atoms with Crippen LogP contribution in [0, 0.1) is 0 Å². The van der Waals surface area contributed by atoms with Gasteiger partial charge in [-0.1, -0.05) is 60.7 Å². The van der Waals surface area contributed by atoms with Crippen LogP contribution in [0.3, 0.4) is 0 Å². The molecule has 2 N–H and O–H groups in total. The van der Waals surface area contributed by atoms with E-state index in [1.54, 1.807) is 0 Å². The van der Waals surface area contributed by atoms with Crippen molar-refractivity contribution in [3.8, 4) is 22.6 Å². The van der Waals surface area contributed by atoms with Gasteiger partial charge in [-0.2, -0.15) is 0 Å². The Morgan fingerprint density at radius 3 is 1.69 bits per heavy atom. The molecule has 0 amide bonds. The van der Waals surface area contributed by atoms with Crippen molar-refractivity contribution >= 4 is 21.5 Å². The van der Waals surface area contributed by atoms with E-state index in [0.29, 0.717) is 19.3 Å². The minimum absolute atomic E-state index is 0.194. The number of nitrogens with two attached hydrogens (primary N) is 1. The van der Waals surface area contributed by atoms with Gasteiger partial charge in [-0.15, -0.1) is 0 Å². The van der Waals surface area contributed by atoms with E-state index < -0.39 is 0 Å². The van der Waals surface area contributed by atoms with Gasteiger partial charge < -0.3 is 15.2 Å². The summed E-state index contributed by atoms with van der Waals surface area (Å²) in [6.45, 7) is 3.19. The molecule has 162 valence electrons. The van der Waals surface area contributed by atoms with Crippen LogP contribution in [0.4, 0.5) is 0 Å². The second kappa shape index (κ2) is 8.12. The van der Waals surface area contributed by atoms with E-state index in [0.717, 1.165) is 48.6 Å². The molecule has 0 aliphatic carbocycles. The Hall–Kier alpha value is -3.08. The van der Waals surface area contributed by atoms with Crippen LogP contribution in [0.1, 0.15) is 12.8 Å². The number of hydrogen-bond donors (Lipinski definition) is 1. The number of likely N-dealkylation sites (tertiary alicyclic amines) is 1. The zero-order valence-corrected chi connectivity index (χ0v) is 18.2. The molecular formula is C28H28N2O2. The summed E-state index contributed by atoms with van der Waals surface area (Å²) in [6.07, 6.45) is 2.05. The first kappa shape index (κ1) is 19.6. The van der Waals surface area contributed by atoms with Crippen LogP contribution in [0.5, 0.6) is 11.5 Å². The SMILES string of the molecule is NC1CCN(C2COc3ccc4ccccc4c3-c3c(ccc4ccccc34)OC2)CC1. The number of ether oxygens (including phenoxy) is 2. The van der Waals surface area contributed by atoms with Crippen molar-refractivity contribution in [2.75, 3.05) is 26.3 Å².